The summed E-state index contributed by atoms with van der Waals surface area (Å²) in [6.07, 6.45) is 1.94. The Morgan fingerprint density at radius 3 is 2.91 bits per heavy atom. The lowest BCUT2D eigenvalue weighted by molar-refractivity contribution is 0.0697. The van der Waals surface area contributed by atoms with Gasteiger partial charge in [-0.1, -0.05) is 12.1 Å². The van der Waals surface area contributed by atoms with E-state index < -0.39 is 17.3 Å². The van der Waals surface area contributed by atoms with E-state index in [1.165, 1.54) is 22.8 Å². The average Bonchev–Trinajstić information content (AvgIpc) is 2.96. The van der Waals surface area contributed by atoms with Crippen LogP contribution in [0, 0.1) is 12.7 Å². The van der Waals surface area contributed by atoms with Crippen LogP contribution in [0.4, 0.5) is 4.39 Å². The molecule has 0 amide bonds. The number of carboxylic acid groups (broad SMARTS) is 1. The van der Waals surface area contributed by atoms with Crippen molar-refractivity contribution >= 4 is 16.7 Å². The lowest BCUT2D eigenvalue weighted by Gasteiger charge is -2.18. The second-order valence-corrected chi connectivity index (χ2v) is 5.64. The average molecular weight is 304 g/mol. The van der Waals surface area contributed by atoms with Crippen LogP contribution in [0.15, 0.2) is 23.0 Å². The fourth-order valence-corrected chi connectivity index (χ4v) is 3.19. The van der Waals surface area contributed by atoms with Crippen molar-refractivity contribution in [3.8, 4) is 0 Å². The van der Waals surface area contributed by atoms with E-state index in [1.54, 1.807) is 6.92 Å². The predicted octanol–water partition coefficient (Wildman–Crippen LogP) is 1.90. The van der Waals surface area contributed by atoms with Crippen molar-refractivity contribution in [2.24, 2.45) is 0 Å². The summed E-state index contributed by atoms with van der Waals surface area (Å²) in [4.78, 5) is 24.2. The molecular formula is C16H17FN2O3. The third-order valence-electron chi connectivity index (χ3n) is 4.29. The molecule has 2 aromatic rings. The van der Waals surface area contributed by atoms with Crippen molar-refractivity contribution in [2.45, 2.75) is 32.4 Å². The van der Waals surface area contributed by atoms with E-state index in [2.05, 4.69) is 5.32 Å². The maximum atomic E-state index is 14.1. The normalized spacial score (nSPS) is 18.0. The Kier molecular flexibility index (Phi) is 3.70. The van der Waals surface area contributed by atoms with Crippen LogP contribution in [0.2, 0.25) is 0 Å². The SMILES string of the molecule is Cc1c(C(=O)O)c2cccc(F)c2c(=O)n1C[C@@H]1CCCN1. The van der Waals surface area contributed by atoms with E-state index >= 15 is 0 Å². The van der Waals surface area contributed by atoms with Gasteiger partial charge < -0.3 is 15.0 Å². The number of hydrogen-bond donors (Lipinski definition) is 2. The molecular weight excluding hydrogens is 287 g/mol. The van der Waals surface area contributed by atoms with Crippen molar-refractivity contribution in [3.05, 3.63) is 45.6 Å². The number of hydrogen-bond acceptors (Lipinski definition) is 3. The molecule has 0 aliphatic carbocycles. The second kappa shape index (κ2) is 5.53. The first kappa shape index (κ1) is 14.7. The third kappa shape index (κ3) is 2.29. The molecule has 5 nitrogen and oxygen atoms in total. The first-order valence-electron chi connectivity index (χ1n) is 7.29. The van der Waals surface area contributed by atoms with E-state index in [0.29, 0.717) is 12.2 Å². The molecule has 0 unspecified atom stereocenters. The van der Waals surface area contributed by atoms with Crippen LogP contribution in [-0.4, -0.2) is 28.2 Å². The molecule has 6 heteroatoms. The van der Waals surface area contributed by atoms with Crippen LogP contribution in [-0.2, 0) is 6.54 Å². The highest BCUT2D eigenvalue weighted by Crippen LogP contribution is 2.22. The molecule has 1 aliphatic heterocycles. The zero-order valence-corrected chi connectivity index (χ0v) is 12.2. The van der Waals surface area contributed by atoms with Crippen molar-refractivity contribution in [1.82, 2.24) is 9.88 Å². The summed E-state index contributed by atoms with van der Waals surface area (Å²) in [6.45, 7) is 2.84. The molecule has 0 spiro atoms. The third-order valence-corrected chi connectivity index (χ3v) is 4.29. The van der Waals surface area contributed by atoms with Crippen molar-refractivity contribution in [3.63, 3.8) is 0 Å². The Bertz CT molecular complexity index is 807. The number of pyridine rings is 1. The van der Waals surface area contributed by atoms with Gasteiger partial charge in [-0.2, -0.15) is 0 Å². The Balaban J connectivity index is 2.29. The van der Waals surface area contributed by atoms with Gasteiger partial charge in [0.25, 0.3) is 5.56 Å². The number of rotatable bonds is 3. The number of halogens is 1. The summed E-state index contributed by atoms with van der Waals surface area (Å²) in [5.41, 5.74) is -0.110. The minimum atomic E-state index is -1.15. The number of aromatic carboxylic acids is 1. The molecule has 22 heavy (non-hydrogen) atoms. The lowest BCUT2D eigenvalue weighted by atomic mass is 10.0. The Hall–Kier alpha value is -2.21. The van der Waals surface area contributed by atoms with Crippen LogP contribution in [0.3, 0.4) is 0 Å². The molecule has 116 valence electrons. The number of benzene rings is 1. The number of aromatic nitrogens is 1. The summed E-state index contributed by atoms with van der Waals surface area (Å²) < 4.78 is 15.5. The van der Waals surface area contributed by atoms with Crippen LogP contribution < -0.4 is 10.9 Å². The van der Waals surface area contributed by atoms with Gasteiger partial charge in [-0.25, -0.2) is 9.18 Å². The highest BCUT2D eigenvalue weighted by molar-refractivity contribution is 6.04. The monoisotopic (exact) mass is 304 g/mol. The number of carbonyl (C=O) groups is 1. The number of nitrogens with zero attached hydrogens (tertiary/aromatic N) is 1. The van der Waals surface area contributed by atoms with Gasteiger partial charge in [0.15, 0.2) is 0 Å². The van der Waals surface area contributed by atoms with Crippen molar-refractivity contribution in [1.29, 1.82) is 0 Å². The van der Waals surface area contributed by atoms with Gasteiger partial charge in [-0.3, -0.25) is 4.79 Å². The topological polar surface area (TPSA) is 71.3 Å². The highest BCUT2D eigenvalue weighted by Gasteiger charge is 2.23. The standard InChI is InChI=1S/C16H17FN2O3/c1-9-13(16(21)22)11-5-2-6-12(17)14(11)15(20)19(9)8-10-4-3-7-18-10/h2,5-6,10,18H,3-4,7-8H2,1H3,(H,21,22)/t10-/m0/s1. The fraction of sp³-hybridized carbons (Fsp3) is 0.375. The largest absolute Gasteiger partial charge is 0.478 e. The Morgan fingerprint density at radius 1 is 1.50 bits per heavy atom. The smallest absolute Gasteiger partial charge is 0.338 e. The fourth-order valence-electron chi connectivity index (χ4n) is 3.19. The van der Waals surface area contributed by atoms with Gasteiger partial charge >= 0.3 is 5.97 Å². The van der Waals surface area contributed by atoms with E-state index in [1.807, 2.05) is 0 Å². The summed E-state index contributed by atoms with van der Waals surface area (Å²) in [5, 5.41) is 12.8. The molecule has 3 rings (SSSR count). The Labute approximate surface area is 126 Å². The van der Waals surface area contributed by atoms with E-state index in [4.69, 9.17) is 0 Å². The zero-order valence-electron chi connectivity index (χ0n) is 12.2. The first-order valence-corrected chi connectivity index (χ1v) is 7.29. The summed E-state index contributed by atoms with van der Waals surface area (Å²) in [7, 11) is 0. The molecule has 1 aliphatic rings. The molecule has 1 saturated heterocycles. The van der Waals surface area contributed by atoms with Gasteiger partial charge in [0, 0.05) is 23.7 Å². The van der Waals surface area contributed by atoms with Crippen LogP contribution in [0.1, 0.15) is 28.9 Å². The minimum Gasteiger partial charge on any atom is -0.478 e. The number of nitrogens with one attached hydrogen (secondary N) is 1. The molecule has 0 radical (unpaired) electrons. The summed E-state index contributed by atoms with van der Waals surface area (Å²) >= 11 is 0. The highest BCUT2D eigenvalue weighted by atomic mass is 19.1. The van der Waals surface area contributed by atoms with Gasteiger partial charge in [-0.15, -0.1) is 0 Å². The second-order valence-electron chi connectivity index (χ2n) is 5.64. The van der Waals surface area contributed by atoms with Crippen LogP contribution in [0.25, 0.3) is 10.8 Å². The van der Waals surface area contributed by atoms with Gasteiger partial charge in [0.2, 0.25) is 0 Å². The molecule has 1 fully saturated rings. The van der Waals surface area contributed by atoms with Crippen molar-refractivity contribution < 1.29 is 14.3 Å². The quantitative estimate of drug-likeness (QED) is 0.908. The van der Waals surface area contributed by atoms with E-state index in [9.17, 15) is 19.1 Å². The minimum absolute atomic E-state index is 0.00732. The number of carboxylic acids is 1. The van der Waals surface area contributed by atoms with E-state index in [-0.39, 0.29) is 22.4 Å². The summed E-state index contributed by atoms with van der Waals surface area (Å²) in [6, 6.07) is 4.20. The molecule has 0 bridgehead atoms. The van der Waals surface area contributed by atoms with Gasteiger partial charge in [0.05, 0.1) is 10.9 Å². The van der Waals surface area contributed by atoms with Gasteiger partial charge in [0.1, 0.15) is 5.82 Å². The van der Waals surface area contributed by atoms with Crippen LogP contribution >= 0.6 is 0 Å². The van der Waals surface area contributed by atoms with Gasteiger partial charge in [-0.05, 0) is 32.4 Å². The molecule has 1 aromatic carbocycles. The number of fused-ring (bicyclic) bond motifs is 1. The van der Waals surface area contributed by atoms with E-state index in [0.717, 1.165) is 19.4 Å². The van der Waals surface area contributed by atoms with Crippen molar-refractivity contribution in [2.75, 3.05) is 6.54 Å². The first-order chi connectivity index (χ1) is 10.5. The lowest BCUT2D eigenvalue weighted by Crippen LogP contribution is -2.34. The predicted molar refractivity (Wildman–Crippen MR) is 80.9 cm³/mol. The molecule has 2 N–H and O–H groups in total. The Morgan fingerprint density at radius 2 is 2.27 bits per heavy atom. The maximum absolute atomic E-state index is 14.1. The maximum Gasteiger partial charge on any atom is 0.338 e. The summed E-state index contributed by atoms with van der Waals surface area (Å²) in [5.74, 6) is -1.83. The zero-order chi connectivity index (χ0) is 15.9. The molecule has 1 aromatic heterocycles. The molecule has 2 heterocycles. The van der Waals surface area contributed by atoms with Crippen LogP contribution in [0.5, 0.6) is 0 Å². The molecule has 1 atom stereocenters. The molecule has 0 saturated carbocycles.